The number of nitrogens with one attached hydrogen (secondary N) is 1. The summed E-state index contributed by atoms with van der Waals surface area (Å²) in [6, 6.07) is 6.53. The van der Waals surface area contributed by atoms with E-state index in [0.29, 0.717) is 6.04 Å². The zero-order valence-corrected chi connectivity index (χ0v) is 12.5. The van der Waals surface area contributed by atoms with E-state index in [1.54, 1.807) is 0 Å². The van der Waals surface area contributed by atoms with E-state index in [-0.39, 0.29) is 0 Å². The van der Waals surface area contributed by atoms with Crippen molar-refractivity contribution in [1.82, 2.24) is 0 Å². The molecule has 1 aliphatic carbocycles. The van der Waals surface area contributed by atoms with Crippen LogP contribution in [-0.4, -0.2) is 6.04 Å². The Morgan fingerprint density at radius 1 is 1.35 bits per heavy atom. The predicted molar refractivity (Wildman–Crippen MR) is 78.8 cm³/mol. The predicted octanol–water partition coefficient (Wildman–Crippen LogP) is 5.48. The van der Waals surface area contributed by atoms with E-state index < -0.39 is 0 Å². The van der Waals surface area contributed by atoms with E-state index >= 15 is 0 Å². The topological polar surface area (TPSA) is 12.0 Å². The number of benzene rings is 1. The molecule has 2 atom stereocenters. The Hall–Kier alpha value is -0.210. The van der Waals surface area contributed by atoms with E-state index in [0.717, 1.165) is 21.1 Å². The molecule has 0 aromatic heterocycles. The Kier molecular flexibility index (Phi) is 4.75. The molecular formula is C14H19BrClN. The zero-order valence-electron chi connectivity index (χ0n) is 10.2. The minimum absolute atomic E-state index is 0.600. The highest BCUT2D eigenvalue weighted by Gasteiger charge is 2.23. The maximum absolute atomic E-state index is 6.04. The van der Waals surface area contributed by atoms with Crippen molar-refractivity contribution in [2.24, 2.45) is 5.92 Å². The van der Waals surface area contributed by atoms with Crippen molar-refractivity contribution in [3.05, 3.63) is 27.7 Å². The summed E-state index contributed by atoms with van der Waals surface area (Å²) in [7, 11) is 0. The first-order valence-electron chi connectivity index (χ1n) is 6.42. The molecule has 1 aromatic carbocycles. The fraction of sp³-hybridized carbons (Fsp3) is 0.571. The number of hydrogen-bond donors (Lipinski definition) is 1. The summed E-state index contributed by atoms with van der Waals surface area (Å²) in [6.07, 6.45) is 6.61. The summed E-state index contributed by atoms with van der Waals surface area (Å²) in [6.45, 7) is 2.29. The maximum atomic E-state index is 6.04. The van der Waals surface area contributed by atoms with Crippen LogP contribution in [0, 0.1) is 5.92 Å². The van der Waals surface area contributed by atoms with E-state index in [4.69, 9.17) is 11.6 Å². The molecule has 1 aliphatic rings. The van der Waals surface area contributed by atoms with Crippen molar-refractivity contribution in [2.45, 2.75) is 45.1 Å². The number of rotatable bonds is 3. The second-order valence-corrected chi connectivity index (χ2v) is 6.12. The Labute approximate surface area is 117 Å². The molecule has 1 fully saturated rings. The van der Waals surface area contributed by atoms with Crippen molar-refractivity contribution in [3.8, 4) is 0 Å². The number of halogens is 2. The van der Waals surface area contributed by atoms with Gasteiger partial charge in [-0.15, -0.1) is 0 Å². The van der Waals surface area contributed by atoms with Crippen molar-refractivity contribution >= 4 is 33.2 Å². The second-order valence-electron chi connectivity index (χ2n) is 4.83. The van der Waals surface area contributed by atoms with Gasteiger partial charge >= 0.3 is 0 Å². The standard InChI is InChI=1S/C14H19BrClN/c1-2-10-5-3-4-6-13(10)17-14-9-11(16)7-8-12(14)15/h7-10,13,17H,2-6H2,1H3. The third-order valence-corrected chi connectivity index (χ3v) is 4.63. The van der Waals surface area contributed by atoms with Gasteiger partial charge in [-0.2, -0.15) is 0 Å². The van der Waals surface area contributed by atoms with Gasteiger partial charge in [-0.3, -0.25) is 0 Å². The number of hydrogen-bond acceptors (Lipinski definition) is 1. The molecule has 1 nitrogen and oxygen atoms in total. The van der Waals surface area contributed by atoms with Crippen LogP contribution in [0.1, 0.15) is 39.0 Å². The van der Waals surface area contributed by atoms with Crippen molar-refractivity contribution in [3.63, 3.8) is 0 Å². The molecule has 0 aliphatic heterocycles. The summed E-state index contributed by atoms with van der Waals surface area (Å²) in [5.41, 5.74) is 1.13. The average molecular weight is 317 g/mol. The molecule has 0 heterocycles. The molecule has 0 spiro atoms. The summed E-state index contributed by atoms with van der Waals surface area (Å²) in [5, 5.41) is 4.45. The molecule has 2 rings (SSSR count). The molecular weight excluding hydrogens is 298 g/mol. The molecule has 0 amide bonds. The molecule has 0 bridgehead atoms. The minimum Gasteiger partial charge on any atom is -0.381 e. The second kappa shape index (κ2) is 6.10. The lowest BCUT2D eigenvalue weighted by Gasteiger charge is -2.32. The lowest BCUT2D eigenvalue weighted by atomic mass is 9.83. The SMILES string of the molecule is CCC1CCCCC1Nc1cc(Cl)ccc1Br. The van der Waals surface area contributed by atoms with Crippen LogP contribution in [-0.2, 0) is 0 Å². The minimum atomic E-state index is 0.600. The van der Waals surface area contributed by atoms with E-state index in [1.807, 2.05) is 18.2 Å². The van der Waals surface area contributed by atoms with Crippen molar-refractivity contribution in [1.29, 1.82) is 0 Å². The fourth-order valence-corrected chi connectivity index (χ4v) is 3.23. The highest BCUT2D eigenvalue weighted by molar-refractivity contribution is 9.10. The van der Waals surface area contributed by atoms with Gasteiger partial charge in [-0.05, 0) is 52.9 Å². The quantitative estimate of drug-likeness (QED) is 0.778. The van der Waals surface area contributed by atoms with Gasteiger partial charge in [0.05, 0.1) is 5.69 Å². The van der Waals surface area contributed by atoms with E-state index in [2.05, 4.69) is 28.2 Å². The summed E-state index contributed by atoms with van der Waals surface area (Å²) < 4.78 is 1.10. The first kappa shape index (κ1) is 13.2. The fourth-order valence-electron chi connectivity index (χ4n) is 2.69. The summed E-state index contributed by atoms with van der Waals surface area (Å²) >= 11 is 9.62. The molecule has 1 saturated carbocycles. The smallest absolute Gasteiger partial charge is 0.0501 e. The molecule has 0 radical (unpaired) electrons. The number of anilines is 1. The van der Waals surface area contributed by atoms with Gasteiger partial charge in [0.1, 0.15) is 0 Å². The van der Waals surface area contributed by atoms with Crippen LogP contribution < -0.4 is 5.32 Å². The normalized spacial score (nSPS) is 24.6. The molecule has 3 heteroatoms. The van der Waals surface area contributed by atoms with Crippen LogP contribution in [0.2, 0.25) is 5.02 Å². The van der Waals surface area contributed by atoms with Crippen LogP contribution in [0.25, 0.3) is 0 Å². The highest BCUT2D eigenvalue weighted by atomic mass is 79.9. The van der Waals surface area contributed by atoms with Gasteiger partial charge in [-0.25, -0.2) is 0 Å². The summed E-state index contributed by atoms with van der Waals surface area (Å²) in [5.74, 6) is 0.801. The van der Waals surface area contributed by atoms with Gasteiger partial charge in [0.25, 0.3) is 0 Å². The van der Waals surface area contributed by atoms with Gasteiger partial charge in [0.15, 0.2) is 0 Å². The van der Waals surface area contributed by atoms with Crippen molar-refractivity contribution < 1.29 is 0 Å². The Morgan fingerprint density at radius 3 is 2.88 bits per heavy atom. The molecule has 1 aromatic rings. The van der Waals surface area contributed by atoms with Crippen LogP contribution in [0.3, 0.4) is 0 Å². The highest BCUT2D eigenvalue weighted by Crippen LogP contribution is 2.32. The Morgan fingerprint density at radius 2 is 2.12 bits per heavy atom. The first-order chi connectivity index (χ1) is 8.20. The lowest BCUT2D eigenvalue weighted by molar-refractivity contribution is 0.317. The van der Waals surface area contributed by atoms with Crippen LogP contribution in [0.5, 0.6) is 0 Å². The molecule has 0 saturated heterocycles. The summed E-state index contributed by atoms with van der Waals surface area (Å²) in [4.78, 5) is 0. The zero-order chi connectivity index (χ0) is 12.3. The molecule has 2 unspecified atom stereocenters. The van der Waals surface area contributed by atoms with Crippen LogP contribution >= 0.6 is 27.5 Å². The first-order valence-corrected chi connectivity index (χ1v) is 7.59. The lowest BCUT2D eigenvalue weighted by Crippen LogP contribution is -2.31. The van der Waals surface area contributed by atoms with Gasteiger partial charge < -0.3 is 5.32 Å². The van der Waals surface area contributed by atoms with Crippen LogP contribution in [0.15, 0.2) is 22.7 Å². The molecule has 1 N–H and O–H groups in total. The molecule has 94 valence electrons. The van der Waals surface area contributed by atoms with Gasteiger partial charge in [0.2, 0.25) is 0 Å². The van der Waals surface area contributed by atoms with E-state index in [1.165, 1.54) is 32.1 Å². The largest absolute Gasteiger partial charge is 0.381 e. The third-order valence-electron chi connectivity index (χ3n) is 3.70. The maximum Gasteiger partial charge on any atom is 0.0501 e. The van der Waals surface area contributed by atoms with Gasteiger partial charge in [-0.1, -0.05) is 37.8 Å². The average Bonchev–Trinajstić information content (AvgIpc) is 2.34. The Balaban J connectivity index is 2.10. The van der Waals surface area contributed by atoms with Crippen molar-refractivity contribution in [2.75, 3.05) is 5.32 Å². The third kappa shape index (κ3) is 3.38. The monoisotopic (exact) mass is 315 g/mol. The van der Waals surface area contributed by atoms with Crippen LogP contribution in [0.4, 0.5) is 5.69 Å². The van der Waals surface area contributed by atoms with E-state index in [9.17, 15) is 0 Å². The Bertz CT molecular complexity index is 380. The molecule has 17 heavy (non-hydrogen) atoms. The van der Waals surface area contributed by atoms with Gasteiger partial charge in [0, 0.05) is 15.5 Å².